The summed E-state index contributed by atoms with van der Waals surface area (Å²) in [6, 6.07) is 3.09. The first kappa shape index (κ1) is 15.5. The molecule has 22 heavy (non-hydrogen) atoms. The van der Waals surface area contributed by atoms with Crippen molar-refractivity contribution in [3.63, 3.8) is 0 Å². The lowest BCUT2D eigenvalue weighted by Crippen LogP contribution is -2.16. The Kier molecular flexibility index (Phi) is 4.21. The molecule has 1 N–H and O–H groups in total. The standard InChI is InChI=1S/C16H21NO4S/c18-16(19)14(9-11-3-1-2-4-11)12-5-8-15(17-10-12)22(20,21)13-6-7-13/h5,8,10-11,13-14H,1-4,6-7,9H2,(H,18,19). The predicted molar refractivity (Wildman–Crippen MR) is 81.4 cm³/mol. The number of carboxylic acids is 1. The quantitative estimate of drug-likeness (QED) is 0.870. The molecule has 6 heteroatoms. The SMILES string of the molecule is O=C(O)C(CC1CCCC1)c1ccc(S(=O)(=O)C2CC2)nc1. The monoisotopic (exact) mass is 323 g/mol. The summed E-state index contributed by atoms with van der Waals surface area (Å²) in [6.45, 7) is 0. The molecule has 0 aliphatic heterocycles. The van der Waals surface area contributed by atoms with Gasteiger partial charge < -0.3 is 5.11 Å². The van der Waals surface area contributed by atoms with Gasteiger partial charge in [-0.05, 0) is 36.8 Å². The number of hydrogen-bond donors (Lipinski definition) is 1. The number of pyridine rings is 1. The summed E-state index contributed by atoms with van der Waals surface area (Å²) in [6.07, 6.45) is 7.98. The minimum atomic E-state index is -3.31. The van der Waals surface area contributed by atoms with Crippen LogP contribution in [-0.2, 0) is 14.6 Å². The molecule has 0 spiro atoms. The van der Waals surface area contributed by atoms with Gasteiger partial charge in [0, 0.05) is 6.20 Å². The van der Waals surface area contributed by atoms with Crippen LogP contribution in [-0.4, -0.2) is 29.7 Å². The van der Waals surface area contributed by atoms with Crippen molar-refractivity contribution in [1.29, 1.82) is 0 Å². The van der Waals surface area contributed by atoms with Crippen molar-refractivity contribution in [2.45, 2.75) is 61.1 Å². The van der Waals surface area contributed by atoms with Crippen LogP contribution in [0, 0.1) is 5.92 Å². The zero-order valence-corrected chi connectivity index (χ0v) is 13.3. The van der Waals surface area contributed by atoms with Gasteiger partial charge in [-0.3, -0.25) is 4.79 Å². The first-order chi connectivity index (χ1) is 10.5. The smallest absolute Gasteiger partial charge is 0.311 e. The zero-order valence-electron chi connectivity index (χ0n) is 12.4. The third-order valence-corrected chi connectivity index (χ3v) is 6.93. The third-order valence-electron chi connectivity index (χ3n) is 4.76. The Morgan fingerprint density at radius 2 is 1.91 bits per heavy atom. The molecule has 0 bridgehead atoms. The molecule has 0 aromatic carbocycles. The Hall–Kier alpha value is -1.43. The molecule has 5 nitrogen and oxygen atoms in total. The topological polar surface area (TPSA) is 84.3 Å². The van der Waals surface area contributed by atoms with Gasteiger partial charge in [-0.25, -0.2) is 13.4 Å². The number of carbonyl (C=O) groups is 1. The highest BCUT2D eigenvalue weighted by molar-refractivity contribution is 7.92. The molecule has 1 aromatic rings. The van der Waals surface area contributed by atoms with Gasteiger partial charge in [0.1, 0.15) is 0 Å². The summed E-state index contributed by atoms with van der Waals surface area (Å²) in [5.74, 6) is -0.990. The van der Waals surface area contributed by atoms with Crippen molar-refractivity contribution >= 4 is 15.8 Å². The van der Waals surface area contributed by atoms with E-state index in [0.717, 1.165) is 12.8 Å². The molecule has 1 unspecified atom stereocenters. The van der Waals surface area contributed by atoms with E-state index >= 15 is 0 Å². The number of nitrogens with zero attached hydrogens (tertiary/aromatic N) is 1. The van der Waals surface area contributed by atoms with Crippen LogP contribution in [0.25, 0.3) is 0 Å². The van der Waals surface area contributed by atoms with E-state index in [-0.39, 0.29) is 10.3 Å². The fraction of sp³-hybridized carbons (Fsp3) is 0.625. The van der Waals surface area contributed by atoms with Crippen molar-refractivity contribution in [2.24, 2.45) is 5.92 Å². The van der Waals surface area contributed by atoms with Crippen LogP contribution in [0.3, 0.4) is 0 Å². The molecule has 0 radical (unpaired) electrons. The Labute approximate surface area is 130 Å². The Morgan fingerprint density at radius 3 is 2.41 bits per heavy atom. The number of rotatable bonds is 6. The van der Waals surface area contributed by atoms with Crippen LogP contribution in [0.15, 0.2) is 23.4 Å². The van der Waals surface area contributed by atoms with Crippen LogP contribution in [0.5, 0.6) is 0 Å². The molecule has 1 heterocycles. The van der Waals surface area contributed by atoms with E-state index in [0.29, 0.717) is 30.7 Å². The molecule has 120 valence electrons. The lowest BCUT2D eigenvalue weighted by molar-refractivity contribution is -0.139. The average molecular weight is 323 g/mol. The van der Waals surface area contributed by atoms with Gasteiger partial charge in [-0.1, -0.05) is 31.7 Å². The summed E-state index contributed by atoms with van der Waals surface area (Å²) < 4.78 is 24.2. The second kappa shape index (κ2) is 5.99. The maximum absolute atomic E-state index is 12.1. The van der Waals surface area contributed by atoms with Gasteiger partial charge in [0.15, 0.2) is 14.9 Å². The fourth-order valence-electron chi connectivity index (χ4n) is 3.27. The summed E-state index contributed by atoms with van der Waals surface area (Å²) in [4.78, 5) is 15.6. The third kappa shape index (κ3) is 3.16. The molecule has 2 aliphatic rings. The minimum absolute atomic E-state index is 0.0729. The molecule has 0 saturated heterocycles. The van der Waals surface area contributed by atoms with E-state index in [1.165, 1.54) is 25.1 Å². The number of carboxylic acid groups (broad SMARTS) is 1. The van der Waals surface area contributed by atoms with Gasteiger partial charge in [-0.15, -0.1) is 0 Å². The Morgan fingerprint density at radius 1 is 1.23 bits per heavy atom. The van der Waals surface area contributed by atoms with Crippen molar-refractivity contribution in [2.75, 3.05) is 0 Å². The molecule has 0 amide bonds. The number of aromatic nitrogens is 1. The van der Waals surface area contributed by atoms with Crippen molar-refractivity contribution < 1.29 is 18.3 Å². The van der Waals surface area contributed by atoms with Crippen LogP contribution < -0.4 is 0 Å². The Bertz CT molecular complexity index is 643. The van der Waals surface area contributed by atoms with E-state index in [2.05, 4.69) is 4.98 Å². The van der Waals surface area contributed by atoms with E-state index in [1.54, 1.807) is 6.07 Å². The lowest BCUT2D eigenvalue weighted by atomic mass is 9.89. The fourth-order valence-corrected chi connectivity index (χ4v) is 4.83. The highest BCUT2D eigenvalue weighted by atomic mass is 32.2. The van der Waals surface area contributed by atoms with Crippen LogP contribution >= 0.6 is 0 Å². The molecular weight excluding hydrogens is 302 g/mol. The molecule has 1 aromatic heterocycles. The van der Waals surface area contributed by atoms with Gasteiger partial charge in [-0.2, -0.15) is 0 Å². The van der Waals surface area contributed by atoms with E-state index in [9.17, 15) is 18.3 Å². The van der Waals surface area contributed by atoms with Crippen LogP contribution in [0.4, 0.5) is 0 Å². The summed E-state index contributed by atoms with van der Waals surface area (Å²) in [5, 5.41) is 9.25. The highest BCUT2D eigenvalue weighted by Crippen LogP contribution is 2.35. The molecule has 3 rings (SSSR count). The number of hydrogen-bond acceptors (Lipinski definition) is 4. The predicted octanol–water partition coefficient (Wildman–Crippen LogP) is 2.77. The molecule has 2 fully saturated rings. The first-order valence-electron chi connectivity index (χ1n) is 7.91. The summed E-state index contributed by atoms with van der Waals surface area (Å²) in [5.41, 5.74) is 0.606. The van der Waals surface area contributed by atoms with Crippen molar-refractivity contribution in [1.82, 2.24) is 4.98 Å². The van der Waals surface area contributed by atoms with Gasteiger partial charge in [0.05, 0.1) is 11.2 Å². The molecule has 2 saturated carbocycles. The second-order valence-corrected chi connectivity index (χ2v) is 8.63. The van der Waals surface area contributed by atoms with Crippen molar-refractivity contribution in [3.8, 4) is 0 Å². The number of aliphatic carboxylic acids is 1. The first-order valence-corrected chi connectivity index (χ1v) is 9.46. The molecule has 1 atom stereocenters. The summed E-state index contributed by atoms with van der Waals surface area (Å²) >= 11 is 0. The Balaban J connectivity index is 1.78. The molecular formula is C16H21NO4S. The average Bonchev–Trinajstić information content (AvgIpc) is 3.24. The van der Waals surface area contributed by atoms with Crippen LogP contribution in [0.1, 0.15) is 56.4 Å². The molecule has 2 aliphatic carbocycles. The normalized spacial score (nSPS) is 20.9. The van der Waals surface area contributed by atoms with E-state index in [4.69, 9.17) is 0 Å². The summed E-state index contributed by atoms with van der Waals surface area (Å²) in [7, 11) is -3.31. The van der Waals surface area contributed by atoms with E-state index in [1.807, 2.05) is 0 Å². The second-order valence-electron chi connectivity index (χ2n) is 6.45. The minimum Gasteiger partial charge on any atom is -0.481 e. The van der Waals surface area contributed by atoms with Gasteiger partial charge >= 0.3 is 5.97 Å². The van der Waals surface area contributed by atoms with Crippen LogP contribution in [0.2, 0.25) is 0 Å². The van der Waals surface area contributed by atoms with Gasteiger partial charge in [0.2, 0.25) is 0 Å². The maximum Gasteiger partial charge on any atom is 0.311 e. The highest BCUT2D eigenvalue weighted by Gasteiger charge is 2.38. The zero-order chi connectivity index (χ0) is 15.7. The van der Waals surface area contributed by atoms with E-state index < -0.39 is 21.7 Å². The lowest BCUT2D eigenvalue weighted by Gasteiger charge is -2.17. The van der Waals surface area contributed by atoms with Crippen molar-refractivity contribution in [3.05, 3.63) is 23.9 Å². The maximum atomic E-state index is 12.1. The van der Waals surface area contributed by atoms with Gasteiger partial charge in [0.25, 0.3) is 0 Å². The largest absolute Gasteiger partial charge is 0.481 e. The number of sulfone groups is 1.